The van der Waals surface area contributed by atoms with Gasteiger partial charge < -0.3 is 10.6 Å². The van der Waals surface area contributed by atoms with Gasteiger partial charge in [0.2, 0.25) is 0 Å². The van der Waals surface area contributed by atoms with Crippen molar-refractivity contribution < 1.29 is 9.59 Å². The molecule has 0 aliphatic rings. The Morgan fingerprint density at radius 3 is 1.61 bits per heavy atom. The lowest BCUT2D eigenvalue weighted by Crippen LogP contribution is -2.29. The quantitative estimate of drug-likeness (QED) is 0.626. The van der Waals surface area contributed by atoms with Crippen molar-refractivity contribution in [1.29, 1.82) is 0 Å². The third kappa shape index (κ3) is 5.70. The van der Waals surface area contributed by atoms with E-state index in [-0.39, 0.29) is 23.2 Å². The molecule has 0 saturated heterocycles. The van der Waals surface area contributed by atoms with Crippen molar-refractivity contribution in [3.05, 3.63) is 89.8 Å². The van der Waals surface area contributed by atoms with Gasteiger partial charge in [-0.1, -0.05) is 18.2 Å². The summed E-state index contributed by atoms with van der Waals surface area (Å²) in [6.45, 7) is 0.885. The second-order valence-corrected chi connectivity index (χ2v) is 6.06. The second kappa shape index (κ2) is 9.91. The van der Waals surface area contributed by atoms with E-state index in [9.17, 15) is 9.59 Å². The van der Waals surface area contributed by atoms with Gasteiger partial charge in [-0.25, -0.2) is 4.98 Å². The van der Waals surface area contributed by atoms with E-state index >= 15 is 0 Å². The Hall–Kier alpha value is -3.61. The molecule has 2 amide bonds. The first-order valence-corrected chi connectivity index (χ1v) is 9.05. The highest BCUT2D eigenvalue weighted by atomic mass is 16.2. The van der Waals surface area contributed by atoms with Crippen molar-refractivity contribution in [3.63, 3.8) is 0 Å². The van der Waals surface area contributed by atoms with Crippen LogP contribution in [0.4, 0.5) is 0 Å². The summed E-state index contributed by atoms with van der Waals surface area (Å²) in [5, 5.41) is 5.59. The lowest BCUT2D eigenvalue weighted by atomic mass is 10.2. The molecular weight excluding hydrogens is 354 g/mol. The molecule has 7 nitrogen and oxygen atoms in total. The van der Waals surface area contributed by atoms with Gasteiger partial charge in [0, 0.05) is 49.7 Å². The standard InChI is InChI=1S/C21H21N5O2/c27-20(24-14-10-16-6-1-3-12-22-16)18-8-5-9-19(26-18)21(28)25-15-11-17-7-2-4-13-23-17/h1-9,12-13H,10-11,14-15H2,(H,24,27)(H,25,28). The van der Waals surface area contributed by atoms with Crippen molar-refractivity contribution in [1.82, 2.24) is 25.6 Å². The molecule has 3 aromatic heterocycles. The predicted molar refractivity (Wildman–Crippen MR) is 105 cm³/mol. The van der Waals surface area contributed by atoms with E-state index in [0.717, 1.165) is 11.4 Å². The first-order valence-electron chi connectivity index (χ1n) is 9.05. The molecule has 28 heavy (non-hydrogen) atoms. The lowest BCUT2D eigenvalue weighted by molar-refractivity contribution is 0.0945. The highest BCUT2D eigenvalue weighted by Gasteiger charge is 2.12. The molecule has 0 unspecified atom stereocenters. The maximum absolute atomic E-state index is 12.3. The van der Waals surface area contributed by atoms with Gasteiger partial charge >= 0.3 is 0 Å². The number of carbonyl (C=O) groups is 2. The summed E-state index contributed by atoms with van der Waals surface area (Å²) >= 11 is 0. The molecule has 0 saturated carbocycles. The van der Waals surface area contributed by atoms with Gasteiger partial charge in [-0.15, -0.1) is 0 Å². The van der Waals surface area contributed by atoms with E-state index in [1.54, 1.807) is 30.6 Å². The van der Waals surface area contributed by atoms with Gasteiger partial charge in [0.05, 0.1) is 0 Å². The fourth-order valence-electron chi connectivity index (χ4n) is 2.57. The molecule has 3 aromatic rings. The summed E-state index contributed by atoms with van der Waals surface area (Å²) in [4.78, 5) is 37.1. The molecule has 142 valence electrons. The molecule has 0 radical (unpaired) electrons. The molecular formula is C21H21N5O2. The summed E-state index contributed by atoms with van der Waals surface area (Å²) in [6.07, 6.45) is 4.68. The summed E-state index contributed by atoms with van der Waals surface area (Å²) in [6, 6.07) is 16.1. The average molecular weight is 375 g/mol. The fourth-order valence-corrected chi connectivity index (χ4v) is 2.57. The van der Waals surface area contributed by atoms with Crippen LogP contribution in [0, 0.1) is 0 Å². The van der Waals surface area contributed by atoms with Crippen LogP contribution >= 0.6 is 0 Å². The zero-order chi connectivity index (χ0) is 19.6. The Kier molecular flexibility index (Phi) is 6.78. The molecule has 0 atom stereocenters. The van der Waals surface area contributed by atoms with E-state index in [1.165, 1.54) is 0 Å². The van der Waals surface area contributed by atoms with Gasteiger partial charge in [0.15, 0.2) is 0 Å². The van der Waals surface area contributed by atoms with E-state index in [0.29, 0.717) is 25.9 Å². The highest BCUT2D eigenvalue weighted by Crippen LogP contribution is 2.01. The van der Waals surface area contributed by atoms with Gasteiger partial charge in [-0.05, 0) is 36.4 Å². The van der Waals surface area contributed by atoms with Crippen molar-refractivity contribution in [3.8, 4) is 0 Å². The number of aromatic nitrogens is 3. The minimum atomic E-state index is -0.320. The molecule has 0 bridgehead atoms. The van der Waals surface area contributed by atoms with Gasteiger partial charge in [0.1, 0.15) is 11.4 Å². The SMILES string of the molecule is O=C(NCCc1ccccn1)c1cccc(C(=O)NCCc2ccccn2)n1. The zero-order valence-electron chi connectivity index (χ0n) is 15.3. The lowest BCUT2D eigenvalue weighted by Gasteiger charge is -2.07. The third-order valence-electron chi connectivity index (χ3n) is 4.00. The van der Waals surface area contributed by atoms with Crippen molar-refractivity contribution in [2.45, 2.75) is 12.8 Å². The van der Waals surface area contributed by atoms with Crippen LogP contribution in [0.2, 0.25) is 0 Å². The number of carbonyl (C=O) groups excluding carboxylic acids is 2. The molecule has 0 spiro atoms. The Bertz CT molecular complexity index is 844. The van der Waals surface area contributed by atoms with E-state index in [1.807, 2.05) is 36.4 Å². The maximum atomic E-state index is 12.3. The molecule has 2 N–H and O–H groups in total. The van der Waals surface area contributed by atoms with Crippen molar-refractivity contribution in [2.75, 3.05) is 13.1 Å². The number of rotatable bonds is 8. The topological polar surface area (TPSA) is 96.9 Å². The number of nitrogens with zero attached hydrogens (tertiary/aromatic N) is 3. The minimum absolute atomic E-state index is 0.207. The normalized spacial score (nSPS) is 10.3. The van der Waals surface area contributed by atoms with Gasteiger partial charge in [-0.3, -0.25) is 19.6 Å². The number of pyridine rings is 3. The zero-order valence-corrected chi connectivity index (χ0v) is 15.3. The van der Waals surface area contributed by atoms with Crippen molar-refractivity contribution in [2.24, 2.45) is 0 Å². The maximum Gasteiger partial charge on any atom is 0.269 e. The monoisotopic (exact) mass is 375 g/mol. The Morgan fingerprint density at radius 1 is 0.679 bits per heavy atom. The number of hydrogen-bond donors (Lipinski definition) is 2. The van der Waals surface area contributed by atoms with Crippen LogP contribution in [-0.4, -0.2) is 39.9 Å². The van der Waals surface area contributed by atoms with Crippen molar-refractivity contribution >= 4 is 11.8 Å². The van der Waals surface area contributed by atoms with Crippen LogP contribution < -0.4 is 10.6 Å². The molecule has 0 aromatic carbocycles. The summed E-state index contributed by atoms with van der Waals surface area (Å²) in [5.74, 6) is -0.641. The van der Waals surface area contributed by atoms with Crippen LogP contribution in [0.1, 0.15) is 32.4 Å². The molecule has 7 heteroatoms. The first kappa shape index (κ1) is 19.2. The summed E-state index contributed by atoms with van der Waals surface area (Å²) in [7, 11) is 0. The molecule has 3 heterocycles. The molecule has 0 aliphatic carbocycles. The summed E-state index contributed by atoms with van der Waals surface area (Å²) < 4.78 is 0. The largest absolute Gasteiger partial charge is 0.350 e. The Labute approximate surface area is 163 Å². The third-order valence-corrected chi connectivity index (χ3v) is 4.00. The fraction of sp³-hybridized carbons (Fsp3) is 0.190. The molecule has 3 rings (SSSR count). The van der Waals surface area contributed by atoms with Gasteiger partial charge in [0.25, 0.3) is 11.8 Å². The van der Waals surface area contributed by atoms with Crippen LogP contribution in [0.3, 0.4) is 0 Å². The van der Waals surface area contributed by atoms with E-state index < -0.39 is 0 Å². The highest BCUT2D eigenvalue weighted by molar-refractivity contribution is 5.96. The predicted octanol–water partition coefficient (Wildman–Crippen LogP) is 1.82. The average Bonchev–Trinajstić information content (AvgIpc) is 2.75. The number of amides is 2. The molecule has 0 aliphatic heterocycles. The minimum Gasteiger partial charge on any atom is -0.350 e. The number of nitrogens with one attached hydrogen (secondary N) is 2. The van der Waals surface area contributed by atoms with Gasteiger partial charge in [-0.2, -0.15) is 0 Å². The smallest absolute Gasteiger partial charge is 0.269 e. The van der Waals surface area contributed by atoms with Crippen LogP contribution in [0.15, 0.2) is 67.0 Å². The Balaban J connectivity index is 1.49. The second-order valence-electron chi connectivity index (χ2n) is 6.06. The number of hydrogen-bond acceptors (Lipinski definition) is 5. The van der Waals surface area contributed by atoms with Crippen LogP contribution in [0.25, 0.3) is 0 Å². The first-order chi connectivity index (χ1) is 13.7. The summed E-state index contributed by atoms with van der Waals surface area (Å²) in [5.41, 5.74) is 2.21. The van der Waals surface area contributed by atoms with E-state index in [2.05, 4.69) is 25.6 Å². The Morgan fingerprint density at radius 2 is 1.18 bits per heavy atom. The molecule has 0 fully saturated rings. The van der Waals surface area contributed by atoms with Crippen LogP contribution in [-0.2, 0) is 12.8 Å². The van der Waals surface area contributed by atoms with E-state index in [4.69, 9.17) is 0 Å². The van der Waals surface area contributed by atoms with Crippen LogP contribution in [0.5, 0.6) is 0 Å².